The molecule has 1 aromatic carbocycles. The topological polar surface area (TPSA) is 35.2 Å². The van der Waals surface area contributed by atoms with Gasteiger partial charge in [-0.25, -0.2) is 4.39 Å². The Labute approximate surface area is 96.6 Å². The molecule has 2 N–H and O–H groups in total. The Hall–Kier alpha value is -1.09. The van der Waals surface area contributed by atoms with E-state index in [9.17, 15) is 4.39 Å². The van der Waals surface area contributed by atoms with Gasteiger partial charge in [-0.15, -0.1) is 0 Å². The van der Waals surface area contributed by atoms with Gasteiger partial charge in [-0.2, -0.15) is 0 Å². The summed E-state index contributed by atoms with van der Waals surface area (Å²) in [6, 6.07) is 4.71. The highest BCUT2D eigenvalue weighted by molar-refractivity contribution is 5.34. The van der Waals surface area contributed by atoms with Gasteiger partial charge in [0.2, 0.25) is 0 Å². The highest BCUT2D eigenvalue weighted by atomic mass is 19.1. The smallest absolute Gasteiger partial charge is 0.123 e. The SMILES string of the molecule is CCCOc1ccc(F)cc1CCCCN. The molecule has 1 rings (SSSR count). The summed E-state index contributed by atoms with van der Waals surface area (Å²) in [6.45, 7) is 3.41. The maximum Gasteiger partial charge on any atom is 0.123 e. The third-order valence-electron chi connectivity index (χ3n) is 2.38. The molecule has 0 saturated carbocycles. The fourth-order valence-corrected chi connectivity index (χ4v) is 1.56. The number of aryl methyl sites for hydroxylation is 1. The van der Waals surface area contributed by atoms with E-state index in [-0.39, 0.29) is 5.82 Å². The average Bonchev–Trinajstić information content (AvgIpc) is 2.28. The fraction of sp³-hybridized carbons (Fsp3) is 0.538. The number of halogens is 1. The van der Waals surface area contributed by atoms with Crippen LogP contribution in [-0.2, 0) is 6.42 Å². The highest BCUT2D eigenvalue weighted by Crippen LogP contribution is 2.21. The van der Waals surface area contributed by atoms with E-state index in [1.54, 1.807) is 12.1 Å². The molecule has 0 unspecified atom stereocenters. The molecule has 0 radical (unpaired) electrons. The van der Waals surface area contributed by atoms with Crippen LogP contribution in [0.5, 0.6) is 5.75 Å². The molecule has 2 nitrogen and oxygen atoms in total. The van der Waals surface area contributed by atoms with Crippen molar-refractivity contribution in [3.63, 3.8) is 0 Å². The van der Waals surface area contributed by atoms with Crippen LogP contribution in [0.2, 0.25) is 0 Å². The van der Waals surface area contributed by atoms with Crippen LogP contribution in [0.4, 0.5) is 4.39 Å². The minimum atomic E-state index is -0.202. The summed E-state index contributed by atoms with van der Waals surface area (Å²) in [5, 5.41) is 0. The summed E-state index contributed by atoms with van der Waals surface area (Å²) in [6.07, 6.45) is 3.72. The molecule has 0 amide bonds. The lowest BCUT2D eigenvalue weighted by Gasteiger charge is -2.10. The Morgan fingerprint density at radius 1 is 1.31 bits per heavy atom. The fourth-order valence-electron chi connectivity index (χ4n) is 1.56. The molecule has 16 heavy (non-hydrogen) atoms. The lowest BCUT2D eigenvalue weighted by Crippen LogP contribution is -2.02. The van der Waals surface area contributed by atoms with Gasteiger partial charge in [0.1, 0.15) is 11.6 Å². The summed E-state index contributed by atoms with van der Waals surface area (Å²) in [5.41, 5.74) is 6.38. The van der Waals surface area contributed by atoms with Gasteiger partial charge in [0.15, 0.2) is 0 Å². The maximum atomic E-state index is 13.1. The highest BCUT2D eigenvalue weighted by Gasteiger charge is 2.05. The molecule has 3 heteroatoms. The minimum absolute atomic E-state index is 0.202. The summed E-state index contributed by atoms with van der Waals surface area (Å²) in [4.78, 5) is 0. The van der Waals surface area contributed by atoms with Gasteiger partial charge in [0, 0.05) is 0 Å². The first-order valence-electron chi connectivity index (χ1n) is 5.89. The first-order chi connectivity index (χ1) is 7.77. The van der Waals surface area contributed by atoms with Gasteiger partial charge in [-0.3, -0.25) is 0 Å². The van der Waals surface area contributed by atoms with Crippen molar-refractivity contribution >= 4 is 0 Å². The lowest BCUT2D eigenvalue weighted by molar-refractivity contribution is 0.313. The number of rotatable bonds is 7. The first-order valence-corrected chi connectivity index (χ1v) is 5.89. The third kappa shape index (κ3) is 4.19. The van der Waals surface area contributed by atoms with Gasteiger partial charge in [-0.1, -0.05) is 6.92 Å². The van der Waals surface area contributed by atoms with Crippen molar-refractivity contribution in [1.29, 1.82) is 0 Å². The van der Waals surface area contributed by atoms with Gasteiger partial charge >= 0.3 is 0 Å². The normalized spacial score (nSPS) is 10.4. The van der Waals surface area contributed by atoms with Crippen LogP contribution in [0, 0.1) is 5.82 Å². The number of nitrogens with two attached hydrogens (primary N) is 1. The Bertz CT molecular complexity index is 315. The summed E-state index contributed by atoms with van der Waals surface area (Å²) in [7, 11) is 0. The van der Waals surface area contributed by atoms with Crippen LogP contribution < -0.4 is 10.5 Å². The molecular weight excluding hydrogens is 205 g/mol. The van der Waals surface area contributed by atoms with Gasteiger partial charge in [0.05, 0.1) is 6.61 Å². The average molecular weight is 225 g/mol. The van der Waals surface area contributed by atoms with E-state index < -0.39 is 0 Å². The molecule has 0 spiro atoms. The number of unbranched alkanes of at least 4 members (excludes halogenated alkanes) is 1. The quantitative estimate of drug-likeness (QED) is 0.724. The second kappa shape index (κ2) is 7.23. The zero-order valence-electron chi connectivity index (χ0n) is 9.84. The predicted molar refractivity (Wildman–Crippen MR) is 64.2 cm³/mol. The van der Waals surface area contributed by atoms with Gasteiger partial charge in [-0.05, 0) is 56.0 Å². The van der Waals surface area contributed by atoms with Crippen LogP contribution in [0.25, 0.3) is 0 Å². The Balaban J connectivity index is 2.65. The van der Waals surface area contributed by atoms with Gasteiger partial charge in [0.25, 0.3) is 0 Å². The predicted octanol–water partition coefficient (Wildman–Crippen LogP) is 2.90. The second-order valence-corrected chi connectivity index (χ2v) is 3.85. The van der Waals surface area contributed by atoms with Crippen molar-refractivity contribution in [3.8, 4) is 5.75 Å². The number of benzene rings is 1. The van der Waals surface area contributed by atoms with Crippen molar-refractivity contribution in [2.45, 2.75) is 32.6 Å². The lowest BCUT2D eigenvalue weighted by atomic mass is 10.1. The molecule has 0 aliphatic carbocycles. The Kier molecular flexibility index (Phi) is 5.86. The standard InChI is InChI=1S/C13H20FNO/c1-2-9-16-13-7-6-12(14)10-11(13)5-3-4-8-15/h6-7,10H,2-5,8-9,15H2,1H3. The van der Waals surface area contributed by atoms with E-state index in [2.05, 4.69) is 6.92 Å². The molecule has 0 aliphatic rings. The summed E-state index contributed by atoms with van der Waals surface area (Å²) < 4.78 is 18.7. The third-order valence-corrected chi connectivity index (χ3v) is 2.38. The molecular formula is C13H20FNO. The van der Waals surface area contributed by atoms with Crippen LogP contribution in [0.3, 0.4) is 0 Å². The molecule has 0 saturated heterocycles. The second-order valence-electron chi connectivity index (χ2n) is 3.85. The van der Waals surface area contributed by atoms with E-state index in [4.69, 9.17) is 10.5 Å². The number of hydrogen-bond donors (Lipinski definition) is 1. The minimum Gasteiger partial charge on any atom is -0.493 e. The van der Waals surface area contributed by atoms with Crippen molar-refractivity contribution in [2.24, 2.45) is 5.73 Å². The van der Waals surface area contributed by atoms with Crippen LogP contribution in [-0.4, -0.2) is 13.2 Å². The maximum absolute atomic E-state index is 13.1. The zero-order chi connectivity index (χ0) is 11.8. The van der Waals surface area contributed by atoms with Crippen molar-refractivity contribution < 1.29 is 9.13 Å². The monoisotopic (exact) mass is 225 g/mol. The number of ether oxygens (including phenoxy) is 1. The van der Waals surface area contributed by atoms with E-state index in [0.717, 1.165) is 37.0 Å². The summed E-state index contributed by atoms with van der Waals surface area (Å²) in [5.74, 6) is 0.604. The largest absolute Gasteiger partial charge is 0.493 e. The van der Waals surface area contributed by atoms with E-state index in [0.29, 0.717) is 13.2 Å². The van der Waals surface area contributed by atoms with E-state index in [1.807, 2.05) is 0 Å². The zero-order valence-corrected chi connectivity index (χ0v) is 9.84. The molecule has 1 aromatic rings. The van der Waals surface area contributed by atoms with Crippen molar-refractivity contribution in [3.05, 3.63) is 29.6 Å². The first kappa shape index (κ1) is 13.0. The van der Waals surface area contributed by atoms with Crippen molar-refractivity contribution in [1.82, 2.24) is 0 Å². The van der Waals surface area contributed by atoms with Crippen molar-refractivity contribution in [2.75, 3.05) is 13.2 Å². The molecule has 0 atom stereocenters. The van der Waals surface area contributed by atoms with E-state index >= 15 is 0 Å². The van der Waals surface area contributed by atoms with Crippen LogP contribution in [0.15, 0.2) is 18.2 Å². The molecule has 0 heterocycles. The molecule has 90 valence electrons. The van der Waals surface area contributed by atoms with Crippen LogP contribution >= 0.6 is 0 Å². The molecule has 0 aliphatic heterocycles. The van der Waals surface area contributed by atoms with Crippen LogP contribution in [0.1, 0.15) is 31.7 Å². The van der Waals surface area contributed by atoms with Gasteiger partial charge < -0.3 is 10.5 Å². The van der Waals surface area contributed by atoms with E-state index in [1.165, 1.54) is 6.07 Å². The number of hydrogen-bond acceptors (Lipinski definition) is 2. The Morgan fingerprint density at radius 3 is 2.81 bits per heavy atom. The Morgan fingerprint density at radius 2 is 2.12 bits per heavy atom. The summed E-state index contributed by atoms with van der Waals surface area (Å²) >= 11 is 0. The molecule has 0 aromatic heterocycles. The molecule has 0 bridgehead atoms. The molecule has 0 fully saturated rings.